The molecule has 1 aromatic rings. The smallest absolute Gasteiger partial charge is 0.317 e. The van der Waals surface area contributed by atoms with Gasteiger partial charge in [-0.15, -0.1) is 24.8 Å². The molecule has 0 bridgehead atoms. The number of nitrogens with zero attached hydrogens (tertiary/aromatic N) is 3. The molecule has 0 unspecified atom stereocenters. The highest BCUT2D eigenvalue weighted by atomic mass is 35.5. The van der Waals surface area contributed by atoms with E-state index in [2.05, 4.69) is 15.2 Å². The molecule has 1 fully saturated rings. The van der Waals surface area contributed by atoms with Gasteiger partial charge in [0.2, 0.25) is 0 Å². The third-order valence-corrected chi connectivity index (χ3v) is 3.28. The fourth-order valence-electron chi connectivity index (χ4n) is 2.24. The molecule has 0 radical (unpaired) electrons. The molecule has 0 atom stereocenters. The molecule has 0 spiro atoms. The lowest BCUT2D eigenvalue weighted by Crippen LogP contribution is -2.41. The summed E-state index contributed by atoms with van der Waals surface area (Å²) in [6, 6.07) is 0.457. The summed E-state index contributed by atoms with van der Waals surface area (Å²) in [4.78, 5) is 6.11. The van der Waals surface area contributed by atoms with E-state index < -0.39 is 6.55 Å². The molecule has 0 saturated carbocycles. The van der Waals surface area contributed by atoms with Gasteiger partial charge in [-0.3, -0.25) is 9.47 Å². The minimum atomic E-state index is -2.51. The summed E-state index contributed by atoms with van der Waals surface area (Å²) in [7, 11) is 1.97. The van der Waals surface area contributed by atoms with E-state index in [0.717, 1.165) is 30.5 Å². The largest absolute Gasteiger partial charge is 0.319 e. The predicted molar refractivity (Wildman–Crippen MR) is 75.3 cm³/mol. The van der Waals surface area contributed by atoms with Crippen LogP contribution in [0, 0.1) is 0 Å². The van der Waals surface area contributed by atoms with Crippen molar-refractivity contribution in [2.45, 2.75) is 32.0 Å². The maximum atomic E-state index is 12.6. The number of imidazole rings is 1. The van der Waals surface area contributed by atoms with Crippen LogP contribution in [0.5, 0.6) is 0 Å². The van der Waals surface area contributed by atoms with E-state index in [0.29, 0.717) is 18.4 Å². The van der Waals surface area contributed by atoms with Crippen molar-refractivity contribution in [3.05, 3.63) is 18.2 Å². The first-order chi connectivity index (χ1) is 8.18. The van der Waals surface area contributed by atoms with Gasteiger partial charge in [0.05, 0.1) is 6.54 Å². The minimum absolute atomic E-state index is 0. The molecule has 112 valence electrons. The van der Waals surface area contributed by atoms with Crippen LogP contribution in [0.4, 0.5) is 8.78 Å². The van der Waals surface area contributed by atoms with Crippen molar-refractivity contribution in [1.82, 2.24) is 19.8 Å². The van der Waals surface area contributed by atoms with Gasteiger partial charge in [0.15, 0.2) is 0 Å². The van der Waals surface area contributed by atoms with Crippen molar-refractivity contribution in [2.75, 3.05) is 20.1 Å². The van der Waals surface area contributed by atoms with E-state index in [1.165, 1.54) is 12.4 Å². The minimum Gasteiger partial charge on any atom is -0.317 e. The highest BCUT2D eigenvalue weighted by Crippen LogP contribution is 2.16. The molecule has 2 heterocycles. The van der Waals surface area contributed by atoms with E-state index in [4.69, 9.17) is 0 Å². The maximum absolute atomic E-state index is 12.6. The van der Waals surface area contributed by atoms with E-state index in [1.807, 2.05) is 7.05 Å². The number of piperidine rings is 1. The van der Waals surface area contributed by atoms with Crippen molar-refractivity contribution in [3.63, 3.8) is 0 Å². The number of aromatic nitrogens is 2. The first kappa shape index (κ1) is 18.6. The lowest BCUT2D eigenvalue weighted by Gasteiger charge is -2.31. The highest BCUT2D eigenvalue weighted by Gasteiger charge is 2.20. The third kappa shape index (κ3) is 4.87. The monoisotopic (exact) mass is 316 g/mol. The molecule has 4 nitrogen and oxygen atoms in total. The molecule has 0 aromatic carbocycles. The van der Waals surface area contributed by atoms with Gasteiger partial charge in [-0.1, -0.05) is 0 Å². The van der Waals surface area contributed by atoms with Crippen molar-refractivity contribution < 1.29 is 8.78 Å². The van der Waals surface area contributed by atoms with Crippen LogP contribution in [0.2, 0.25) is 0 Å². The normalized spacial score (nSPS) is 16.3. The molecule has 1 aliphatic rings. The Morgan fingerprint density at radius 3 is 2.63 bits per heavy atom. The zero-order valence-electron chi connectivity index (χ0n) is 10.8. The van der Waals surface area contributed by atoms with Crippen molar-refractivity contribution >= 4 is 24.8 Å². The van der Waals surface area contributed by atoms with Crippen LogP contribution in [-0.2, 0) is 6.54 Å². The van der Waals surface area contributed by atoms with Crippen molar-refractivity contribution in [3.8, 4) is 0 Å². The molecule has 0 amide bonds. The summed E-state index contributed by atoms with van der Waals surface area (Å²) in [6.07, 6.45) is 4.88. The zero-order chi connectivity index (χ0) is 12.3. The Morgan fingerprint density at radius 1 is 1.42 bits per heavy atom. The summed E-state index contributed by atoms with van der Waals surface area (Å²) in [6.45, 7) is -0.0348. The van der Waals surface area contributed by atoms with Crippen LogP contribution < -0.4 is 5.32 Å². The Morgan fingerprint density at radius 2 is 2.05 bits per heavy atom. The SMILES string of the molecule is CN(Cc1nccn1C(F)F)C1CCNCC1.Cl.Cl. The van der Waals surface area contributed by atoms with Crippen LogP contribution >= 0.6 is 24.8 Å². The van der Waals surface area contributed by atoms with E-state index >= 15 is 0 Å². The molecular formula is C11H20Cl2F2N4. The summed E-state index contributed by atoms with van der Waals surface area (Å²) in [5.41, 5.74) is 0. The van der Waals surface area contributed by atoms with Gasteiger partial charge in [0, 0.05) is 18.4 Å². The number of hydrogen-bond acceptors (Lipinski definition) is 3. The molecule has 0 aliphatic carbocycles. The summed E-state index contributed by atoms with van der Waals surface area (Å²) in [5, 5.41) is 3.29. The van der Waals surface area contributed by atoms with E-state index in [-0.39, 0.29) is 24.8 Å². The zero-order valence-corrected chi connectivity index (χ0v) is 12.4. The number of rotatable bonds is 4. The summed E-state index contributed by atoms with van der Waals surface area (Å²) in [5.74, 6) is 0.432. The summed E-state index contributed by atoms with van der Waals surface area (Å²) < 4.78 is 26.2. The van der Waals surface area contributed by atoms with Gasteiger partial charge in [-0.05, 0) is 33.0 Å². The predicted octanol–water partition coefficient (Wildman–Crippen LogP) is 2.31. The maximum Gasteiger partial charge on any atom is 0.319 e. The number of nitrogens with one attached hydrogen (secondary N) is 1. The highest BCUT2D eigenvalue weighted by molar-refractivity contribution is 5.85. The Bertz CT molecular complexity index is 356. The number of halogens is 4. The lowest BCUT2D eigenvalue weighted by molar-refractivity contribution is 0.0626. The Balaban J connectivity index is 0.00000162. The van der Waals surface area contributed by atoms with Crippen molar-refractivity contribution in [1.29, 1.82) is 0 Å². The Kier molecular flexibility index (Phi) is 8.49. The second-order valence-electron chi connectivity index (χ2n) is 4.42. The molecule has 2 rings (SSSR count). The first-order valence-electron chi connectivity index (χ1n) is 5.89. The van der Waals surface area contributed by atoms with E-state index in [1.54, 1.807) is 0 Å². The lowest BCUT2D eigenvalue weighted by atomic mass is 10.1. The molecule has 1 N–H and O–H groups in total. The van der Waals surface area contributed by atoms with Crippen LogP contribution in [0.1, 0.15) is 25.2 Å². The molecule has 1 aromatic heterocycles. The number of alkyl halides is 2. The Labute approximate surface area is 124 Å². The van der Waals surface area contributed by atoms with Crippen LogP contribution in [0.15, 0.2) is 12.4 Å². The molecule has 1 aliphatic heterocycles. The van der Waals surface area contributed by atoms with Gasteiger partial charge < -0.3 is 5.32 Å². The van der Waals surface area contributed by atoms with Gasteiger partial charge >= 0.3 is 6.55 Å². The van der Waals surface area contributed by atoms with Gasteiger partial charge in [0.1, 0.15) is 5.82 Å². The average Bonchev–Trinajstić information content (AvgIpc) is 2.78. The fraction of sp³-hybridized carbons (Fsp3) is 0.727. The quantitative estimate of drug-likeness (QED) is 0.925. The molecule has 19 heavy (non-hydrogen) atoms. The van der Waals surface area contributed by atoms with Crippen LogP contribution in [0.25, 0.3) is 0 Å². The first-order valence-corrected chi connectivity index (χ1v) is 5.89. The number of hydrogen-bond donors (Lipinski definition) is 1. The average molecular weight is 317 g/mol. The second kappa shape index (κ2) is 8.68. The molecule has 8 heteroatoms. The van der Waals surface area contributed by atoms with Gasteiger partial charge in [-0.25, -0.2) is 4.98 Å². The van der Waals surface area contributed by atoms with Crippen LogP contribution in [0.3, 0.4) is 0 Å². The molecule has 1 saturated heterocycles. The fourth-order valence-corrected chi connectivity index (χ4v) is 2.24. The Hall–Kier alpha value is -0.430. The topological polar surface area (TPSA) is 33.1 Å². The van der Waals surface area contributed by atoms with E-state index in [9.17, 15) is 8.78 Å². The molecular weight excluding hydrogens is 297 g/mol. The summed E-state index contributed by atoms with van der Waals surface area (Å²) >= 11 is 0. The van der Waals surface area contributed by atoms with Crippen LogP contribution in [-0.4, -0.2) is 40.6 Å². The second-order valence-corrected chi connectivity index (χ2v) is 4.42. The van der Waals surface area contributed by atoms with Crippen molar-refractivity contribution in [2.24, 2.45) is 0 Å². The standard InChI is InChI=1S/C11H18F2N4.2ClH/c1-16(9-2-4-14-5-3-9)8-10-15-6-7-17(10)11(12)13;;/h6-7,9,11,14H,2-5,8H2,1H3;2*1H. The van der Waals surface area contributed by atoms with Gasteiger partial charge in [0.25, 0.3) is 0 Å². The van der Waals surface area contributed by atoms with Gasteiger partial charge in [-0.2, -0.15) is 8.78 Å². The third-order valence-electron chi connectivity index (χ3n) is 3.28.